The summed E-state index contributed by atoms with van der Waals surface area (Å²) < 4.78 is 11.7. The third-order valence-corrected chi connectivity index (χ3v) is 7.14. The van der Waals surface area contributed by atoms with E-state index in [0.29, 0.717) is 33.2 Å². The molecule has 180 valence electrons. The van der Waals surface area contributed by atoms with Crippen molar-refractivity contribution in [1.82, 2.24) is 4.98 Å². The highest BCUT2D eigenvalue weighted by molar-refractivity contribution is 7.19. The number of nitrogens with zero attached hydrogens (tertiary/aromatic N) is 2. The summed E-state index contributed by atoms with van der Waals surface area (Å²) in [6, 6.07) is 14.9. The van der Waals surface area contributed by atoms with Crippen molar-refractivity contribution in [2.75, 3.05) is 11.9 Å². The molecule has 35 heavy (non-hydrogen) atoms. The summed E-state index contributed by atoms with van der Waals surface area (Å²) in [5.74, 6) is 0.664. The Labute approximate surface area is 218 Å². The smallest absolute Gasteiger partial charge is 0.324 e. The highest BCUT2D eigenvalue weighted by Gasteiger charge is 2.20. The maximum atomic E-state index is 12.6. The zero-order valence-corrected chi connectivity index (χ0v) is 21.3. The van der Waals surface area contributed by atoms with E-state index < -0.39 is 10.8 Å². The lowest BCUT2D eigenvalue weighted by atomic mass is 10.1. The van der Waals surface area contributed by atoms with Gasteiger partial charge in [-0.05, 0) is 48.9 Å². The maximum Gasteiger partial charge on any atom is 0.324 e. The van der Waals surface area contributed by atoms with E-state index in [2.05, 4.69) is 10.3 Å². The number of anilines is 1. The van der Waals surface area contributed by atoms with Crippen LogP contribution in [0.3, 0.4) is 0 Å². The normalized spacial score (nSPS) is 10.7. The van der Waals surface area contributed by atoms with E-state index in [1.165, 1.54) is 12.1 Å². The second kappa shape index (κ2) is 11.0. The second-order valence-corrected chi connectivity index (χ2v) is 9.89. The largest absolute Gasteiger partial charge is 0.494 e. The number of thiophene rings is 1. The minimum absolute atomic E-state index is 0.121. The lowest BCUT2D eigenvalue weighted by molar-refractivity contribution is -0.380. The zero-order valence-electron chi connectivity index (χ0n) is 18.1. The van der Waals surface area contributed by atoms with Gasteiger partial charge in [-0.3, -0.25) is 20.2 Å². The minimum Gasteiger partial charge on any atom is -0.494 e. The van der Waals surface area contributed by atoms with Crippen LogP contribution in [0.1, 0.15) is 23.0 Å². The van der Waals surface area contributed by atoms with Crippen molar-refractivity contribution in [3.63, 3.8) is 0 Å². The molecule has 0 radical (unpaired) electrons. The molecule has 2 aromatic carbocycles. The minimum atomic E-state index is -0.542. The molecule has 0 aliphatic rings. The van der Waals surface area contributed by atoms with Crippen LogP contribution in [0.5, 0.6) is 16.6 Å². The van der Waals surface area contributed by atoms with E-state index in [4.69, 9.17) is 32.7 Å². The number of nitrogens with one attached hydrogen (secondary N) is 1. The first-order chi connectivity index (χ1) is 16.8. The predicted molar refractivity (Wildman–Crippen MR) is 139 cm³/mol. The molecule has 0 bridgehead atoms. The summed E-state index contributed by atoms with van der Waals surface area (Å²) in [6.45, 7) is 2.64. The first-order valence-electron chi connectivity index (χ1n) is 10.3. The van der Waals surface area contributed by atoms with Crippen molar-refractivity contribution < 1.29 is 19.2 Å². The molecule has 0 fully saturated rings. The van der Waals surface area contributed by atoms with Crippen LogP contribution in [-0.2, 0) is 0 Å². The Bertz CT molecular complexity index is 1370. The van der Waals surface area contributed by atoms with Crippen LogP contribution in [0.4, 0.5) is 10.1 Å². The molecule has 4 rings (SSSR count). The standard InChI is InChI=1S/C23H17Cl2N3O5S2/c1-2-11-32-14-5-3-13(4-6-14)20-22(33-15-7-8-16(24)17(25)12-15)35-23(26-20)27-21(29)18-9-10-19(34-18)28(30)31/h3-10,12H,2,11H2,1H3,(H,26,27,29). The fourth-order valence-electron chi connectivity index (χ4n) is 2.89. The van der Waals surface area contributed by atoms with E-state index in [1.54, 1.807) is 18.2 Å². The van der Waals surface area contributed by atoms with Crippen LogP contribution in [0, 0.1) is 10.1 Å². The first kappa shape index (κ1) is 24.9. The van der Waals surface area contributed by atoms with Gasteiger partial charge in [-0.1, -0.05) is 52.8 Å². The number of nitro groups is 1. The van der Waals surface area contributed by atoms with Crippen LogP contribution in [0.2, 0.25) is 10.0 Å². The molecule has 2 aromatic heterocycles. The molecule has 2 heterocycles. The Hall–Kier alpha value is -3.18. The van der Waals surface area contributed by atoms with Crippen molar-refractivity contribution in [2.45, 2.75) is 13.3 Å². The van der Waals surface area contributed by atoms with E-state index >= 15 is 0 Å². The number of aromatic nitrogens is 1. The lowest BCUT2D eigenvalue weighted by Crippen LogP contribution is -2.09. The topological polar surface area (TPSA) is 104 Å². The van der Waals surface area contributed by atoms with Gasteiger partial charge in [0.2, 0.25) is 5.06 Å². The van der Waals surface area contributed by atoms with Crippen LogP contribution in [0.15, 0.2) is 54.6 Å². The Morgan fingerprint density at radius 3 is 2.46 bits per heavy atom. The monoisotopic (exact) mass is 549 g/mol. The average Bonchev–Trinajstić information content (AvgIpc) is 3.48. The zero-order chi connectivity index (χ0) is 24.9. The summed E-state index contributed by atoms with van der Waals surface area (Å²) in [7, 11) is 0. The second-order valence-electron chi connectivity index (χ2n) is 7.06. The van der Waals surface area contributed by atoms with Gasteiger partial charge in [-0.2, -0.15) is 0 Å². The number of rotatable bonds is 9. The Kier molecular flexibility index (Phi) is 7.86. The molecule has 0 unspecified atom stereocenters. The number of carbonyl (C=O) groups is 1. The van der Waals surface area contributed by atoms with E-state index in [-0.39, 0.29) is 15.0 Å². The van der Waals surface area contributed by atoms with E-state index in [0.717, 1.165) is 40.4 Å². The van der Waals surface area contributed by atoms with Crippen LogP contribution >= 0.6 is 45.9 Å². The number of halogens is 2. The fourth-order valence-corrected chi connectivity index (χ4v) is 4.75. The molecule has 0 aliphatic heterocycles. The van der Waals surface area contributed by atoms with Gasteiger partial charge < -0.3 is 9.47 Å². The average molecular weight is 550 g/mol. The number of hydrogen-bond acceptors (Lipinski definition) is 8. The third-order valence-electron chi connectivity index (χ3n) is 4.51. The quantitative estimate of drug-likeness (QED) is 0.168. The number of amides is 1. The van der Waals surface area contributed by atoms with Gasteiger partial charge in [0.25, 0.3) is 5.91 Å². The number of benzene rings is 2. The van der Waals surface area contributed by atoms with Gasteiger partial charge in [-0.25, -0.2) is 4.98 Å². The molecule has 4 aromatic rings. The number of hydrogen-bond donors (Lipinski definition) is 1. The van der Waals surface area contributed by atoms with Gasteiger partial charge in [0, 0.05) is 17.7 Å². The Balaban J connectivity index is 1.64. The number of thiazole rings is 1. The van der Waals surface area contributed by atoms with E-state index in [9.17, 15) is 14.9 Å². The molecule has 0 saturated carbocycles. The summed E-state index contributed by atoms with van der Waals surface area (Å²) in [5.41, 5.74) is 1.24. The first-order valence-corrected chi connectivity index (χ1v) is 12.7. The van der Waals surface area contributed by atoms with Gasteiger partial charge in [-0.15, -0.1) is 0 Å². The van der Waals surface area contributed by atoms with Crippen molar-refractivity contribution in [2.24, 2.45) is 0 Å². The Morgan fingerprint density at radius 1 is 1.06 bits per heavy atom. The van der Waals surface area contributed by atoms with Crippen molar-refractivity contribution in [1.29, 1.82) is 0 Å². The molecule has 12 heteroatoms. The van der Waals surface area contributed by atoms with Gasteiger partial charge in [0.1, 0.15) is 17.2 Å². The van der Waals surface area contributed by atoms with Gasteiger partial charge in [0.15, 0.2) is 5.13 Å². The Morgan fingerprint density at radius 2 is 1.80 bits per heavy atom. The molecule has 1 N–H and O–H groups in total. The highest BCUT2D eigenvalue weighted by atomic mass is 35.5. The van der Waals surface area contributed by atoms with Crippen molar-refractivity contribution in [3.8, 4) is 27.8 Å². The molecule has 8 nitrogen and oxygen atoms in total. The lowest BCUT2D eigenvalue weighted by Gasteiger charge is -2.08. The SMILES string of the molecule is CCCOc1ccc(-c2nc(NC(=O)c3ccc([N+](=O)[O-])s3)sc2Oc2ccc(Cl)c(Cl)c2)cc1. The molecular formula is C23H17Cl2N3O5S2. The molecule has 0 atom stereocenters. The van der Waals surface area contributed by atoms with Crippen LogP contribution in [-0.4, -0.2) is 22.4 Å². The summed E-state index contributed by atoms with van der Waals surface area (Å²) in [4.78, 5) is 27.8. The van der Waals surface area contributed by atoms with Gasteiger partial charge >= 0.3 is 5.00 Å². The molecule has 0 saturated heterocycles. The summed E-state index contributed by atoms with van der Waals surface area (Å²) in [5, 5.41) is 14.9. The van der Waals surface area contributed by atoms with Crippen molar-refractivity contribution in [3.05, 3.63) is 79.6 Å². The predicted octanol–water partition coefficient (Wildman–Crippen LogP) is 7.92. The summed E-state index contributed by atoms with van der Waals surface area (Å²) >= 11 is 14.0. The molecule has 0 aliphatic carbocycles. The highest BCUT2D eigenvalue weighted by Crippen LogP contribution is 2.42. The van der Waals surface area contributed by atoms with Crippen LogP contribution in [0.25, 0.3) is 11.3 Å². The number of carbonyl (C=O) groups excluding carboxylic acids is 1. The fraction of sp³-hybridized carbons (Fsp3) is 0.130. The van der Waals surface area contributed by atoms with Gasteiger partial charge in [0.05, 0.1) is 26.5 Å². The third kappa shape index (κ3) is 6.09. The molecule has 1 amide bonds. The summed E-state index contributed by atoms with van der Waals surface area (Å²) in [6.07, 6.45) is 0.895. The molecular weight excluding hydrogens is 533 g/mol. The van der Waals surface area contributed by atoms with E-state index in [1.807, 2.05) is 31.2 Å². The number of ether oxygens (including phenoxy) is 2. The van der Waals surface area contributed by atoms with Crippen molar-refractivity contribution >= 4 is 61.9 Å². The maximum absolute atomic E-state index is 12.6. The molecule has 0 spiro atoms. The van der Waals surface area contributed by atoms with Crippen LogP contribution < -0.4 is 14.8 Å².